The van der Waals surface area contributed by atoms with Crippen molar-refractivity contribution in [3.05, 3.63) is 53.7 Å². The van der Waals surface area contributed by atoms with E-state index in [0.717, 1.165) is 24.1 Å². The molecule has 9 heteroatoms. The smallest absolute Gasteiger partial charge is 0.240 e. The van der Waals surface area contributed by atoms with Gasteiger partial charge in [-0.25, -0.2) is 18.1 Å². The molecular formula is C22H28N4O4S. The minimum Gasteiger partial charge on any atom is -0.342 e. The van der Waals surface area contributed by atoms with Crippen LogP contribution < -0.4 is 10.0 Å². The summed E-state index contributed by atoms with van der Waals surface area (Å²) in [6.45, 7) is 2.91. The van der Waals surface area contributed by atoms with E-state index in [4.69, 9.17) is 0 Å². The summed E-state index contributed by atoms with van der Waals surface area (Å²) in [5.74, 6) is 0.151. The number of aromatic nitrogens is 1. The third kappa shape index (κ3) is 6.11. The second-order valence-corrected chi connectivity index (χ2v) is 9.57. The molecule has 1 aromatic carbocycles. The topological polar surface area (TPSA) is 108 Å². The number of piperidine rings is 1. The van der Waals surface area contributed by atoms with E-state index < -0.39 is 10.0 Å². The number of likely N-dealkylation sites (tertiary alicyclic amines) is 1. The second kappa shape index (κ2) is 10.0. The summed E-state index contributed by atoms with van der Waals surface area (Å²) in [6.07, 6.45) is 2.34. The van der Waals surface area contributed by atoms with Gasteiger partial charge in [0.1, 0.15) is 5.82 Å². The predicted molar refractivity (Wildman–Crippen MR) is 118 cm³/mol. The second-order valence-electron chi connectivity index (χ2n) is 7.68. The Morgan fingerprint density at radius 1 is 1.16 bits per heavy atom. The summed E-state index contributed by atoms with van der Waals surface area (Å²) in [7, 11) is -2.10. The number of carbonyl (C=O) groups excluding carboxylic acids is 2. The van der Waals surface area contributed by atoms with Crippen molar-refractivity contribution in [1.82, 2.24) is 14.6 Å². The zero-order valence-corrected chi connectivity index (χ0v) is 18.6. The van der Waals surface area contributed by atoms with Gasteiger partial charge in [0.05, 0.1) is 10.8 Å². The molecule has 2 amide bonds. The normalized spacial score (nSPS) is 16.7. The number of benzene rings is 1. The average Bonchev–Trinajstić information content (AvgIpc) is 2.78. The first-order valence-electron chi connectivity index (χ1n) is 10.3. The molecule has 8 nitrogen and oxygen atoms in total. The van der Waals surface area contributed by atoms with Gasteiger partial charge in [0.15, 0.2) is 0 Å². The molecule has 1 unspecified atom stereocenters. The van der Waals surface area contributed by atoms with Gasteiger partial charge >= 0.3 is 0 Å². The van der Waals surface area contributed by atoms with Crippen molar-refractivity contribution in [3.63, 3.8) is 0 Å². The number of nitrogens with zero attached hydrogens (tertiary/aromatic N) is 2. The highest BCUT2D eigenvalue weighted by atomic mass is 32.2. The Kier molecular flexibility index (Phi) is 7.40. The van der Waals surface area contributed by atoms with Crippen LogP contribution in [0.4, 0.5) is 5.82 Å². The van der Waals surface area contributed by atoms with E-state index in [0.29, 0.717) is 31.7 Å². The van der Waals surface area contributed by atoms with E-state index in [1.165, 1.54) is 19.2 Å². The van der Waals surface area contributed by atoms with Crippen LogP contribution in [0.25, 0.3) is 0 Å². The molecule has 0 radical (unpaired) electrons. The Labute approximate surface area is 183 Å². The Hall–Kier alpha value is -2.78. The molecule has 0 spiro atoms. The molecule has 1 fully saturated rings. The summed E-state index contributed by atoms with van der Waals surface area (Å²) < 4.78 is 25.9. The summed E-state index contributed by atoms with van der Waals surface area (Å²) >= 11 is 0. The van der Waals surface area contributed by atoms with Crippen LogP contribution >= 0.6 is 0 Å². The highest BCUT2D eigenvalue weighted by molar-refractivity contribution is 7.89. The summed E-state index contributed by atoms with van der Waals surface area (Å²) in [5, 5.41) is 2.85. The van der Waals surface area contributed by atoms with Crippen molar-refractivity contribution in [2.24, 2.45) is 5.92 Å². The fourth-order valence-corrected chi connectivity index (χ4v) is 4.35. The predicted octanol–water partition coefficient (Wildman–Crippen LogP) is 2.11. The lowest BCUT2D eigenvalue weighted by Crippen LogP contribution is -2.43. The van der Waals surface area contributed by atoms with Gasteiger partial charge in [0.2, 0.25) is 21.8 Å². The number of amides is 2. The summed E-state index contributed by atoms with van der Waals surface area (Å²) in [5.41, 5.74) is 1.72. The quantitative estimate of drug-likeness (QED) is 0.680. The molecule has 1 aliphatic heterocycles. The molecule has 1 aliphatic rings. The number of carbonyl (C=O) groups is 2. The van der Waals surface area contributed by atoms with Crippen LogP contribution in [0.15, 0.2) is 47.4 Å². The average molecular weight is 445 g/mol. The number of nitrogens with one attached hydrogen (secondary N) is 2. The zero-order chi connectivity index (χ0) is 22.4. The molecule has 166 valence electrons. The fraction of sp³-hybridized carbons (Fsp3) is 0.409. The van der Waals surface area contributed by atoms with E-state index in [2.05, 4.69) is 15.0 Å². The van der Waals surface area contributed by atoms with Crippen LogP contribution in [0.2, 0.25) is 0 Å². The van der Waals surface area contributed by atoms with Crippen molar-refractivity contribution >= 4 is 27.7 Å². The lowest BCUT2D eigenvalue weighted by atomic mass is 9.96. The van der Waals surface area contributed by atoms with Gasteiger partial charge in [-0.2, -0.15) is 0 Å². The maximum absolute atomic E-state index is 12.7. The van der Waals surface area contributed by atoms with E-state index in [1.807, 2.05) is 19.1 Å². The van der Waals surface area contributed by atoms with E-state index in [-0.39, 0.29) is 22.6 Å². The van der Waals surface area contributed by atoms with Crippen molar-refractivity contribution in [1.29, 1.82) is 0 Å². The molecule has 2 N–H and O–H groups in total. The highest BCUT2D eigenvalue weighted by Gasteiger charge is 2.28. The van der Waals surface area contributed by atoms with Gasteiger partial charge < -0.3 is 10.2 Å². The maximum atomic E-state index is 12.7. The van der Waals surface area contributed by atoms with Gasteiger partial charge in [-0.15, -0.1) is 0 Å². The highest BCUT2D eigenvalue weighted by Crippen LogP contribution is 2.20. The standard InChI is InChI=1S/C22H28N4O4S/c1-16-5-3-7-20(24-16)25-22(28)18-6-4-14-26(15-18)21(27)13-10-17-8-11-19(12-9-17)31(29,30)23-2/h3,5,7-9,11-12,18,23H,4,6,10,13-15H2,1-2H3,(H,24,25,28). The molecule has 3 rings (SSSR count). The van der Waals surface area contributed by atoms with Crippen LogP contribution in [0.5, 0.6) is 0 Å². The van der Waals surface area contributed by atoms with E-state index in [1.54, 1.807) is 23.1 Å². The van der Waals surface area contributed by atoms with E-state index >= 15 is 0 Å². The van der Waals surface area contributed by atoms with Gasteiger partial charge in [-0.1, -0.05) is 18.2 Å². The van der Waals surface area contributed by atoms with Gasteiger partial charge in [-0.3, -0.25) is 9.59 Å². The number of hydrogen-bond acceptors (Lipinski definition) is 5. The first-order valence-corrected chi connectivity index (χ1v) is 11.8. The van der Waals surface area contributed by atoms with Crippen molar-refractivity contribution < 1.29 is 18.0 Å². The summed E-state index contributed by atoms with van der Waals surface area (Å²) in [6, 6.07) is 12.0. The molecule has 1 aromatic heterocycles. The maximum Gasteiger partial charge on any atom is 0.240 e. The third-order valence-corrected chi connectivity index (χ3v) is 6.84. The number of rotatable bonds is 7. The minimum absolute atomic E-state index is 0.00176. The first kappa shape index (κ1) is 22.9. The van der Waals surface area contributed by atoms with Gasteiger partial charge in [0, 0.05) is 25.2 Å². The van der Waals surface area contributed by atoms with Crippen LogP contribution in [0.3, 0.4) is 0 Å². The largest absolute Gasteiger partial charge is 0.342 e. The molecule has 0 aliphatic carbocycles. The van der Waals surface area contributed by atoms with Crippen LogP contribution in [-0.4, -0.2) is 50.3 Å². The van der Waals surface area contributed by atoms with Gasteiger partial charge in [0.25, 0.3) is 0 Å². The van der Waals surface area contributed by atoms with Gasteiger partial charge in [-0.05, 0) is 63.1 Å². The Morgan fingerprint density at radius 3 is 2.58 bits per heavy atom. The molecule has 1 saturated heterocycles. The zero-order valence-electron chi connectivity index (χ0n) is 17.8. The van der Waals surface area contributed by atoms with Crippen LogP contribution in [-0.2, 0) is 26.0 Å². The van der Waals surface area contributed by atoms with Crippen LogP contribution in [0, 0.1) is 12.8 Å². The molecular weight excluding hydrogens is 416 g/mol. The van der Waals surface area contributed by atoms with E-state index in [9.17, 15) is 18.0 Å². The number of anilines is 1. The Bertz CT molecular complexity index is 1040. The lowest BCUT2D eigenvalue weighted by Gasteiger charge is -2.32. The van der Waals surface area contributed by atoms with Crippen molar-refractivity contribution in [3.8, 4) is 0 Å². The number of pyridine rings is 1. The molecule has 2 aromatic rings. The number of hydrogen-bond donors (Lipinski definition) is 2. The third-order valence-electron chi connectivity index (χ3n) is 5.41. The fourth-order valence-electron chi connectivity index (χ4n) is 3.62. The first-order chi connectivity index (χ1) is 14.8. The Balaban J connectivity index is 1.53. The number of aryl methyl sites for hydroxylation is 2. The molecule has 31 heavy (non-hydrogen) atoms. The molecule has 1 atom stereocenters. The van der Waals surface area contributed by atoms with Crippen molar-refractivity contribution in [2.45, 2.75) is 37.5 Å². The Morgan fingerprint density at radius 2 is 1.90 bits per heavy atom. The lowest BCUT2D eigenvalue weighted by molar-refractivity contribution is -0.134. The summed E-state index contributed by atoms with van der Waals surface area (Å²) in [4.78, 5) is 31.5. The molecule has 2 heterocycles. The SMILES string of the molecule is CNS(=O)(=O)c1ccc(CCC(=O)N2CCCC(C(=O)Nc3cccc(C)n3)C2)cc1. The molecule has 0 bridgehead atoms. The van der Waals surface area contributed by atoms with Crippen molar-refractivity contribution in [2.75, 3.05) is 25.5 Å². The monoisotopic (exact) mass is 444 g/mol. The molecule has 0 saturated carbocycles. The minimum atomic E-state index is -3.47. The number of sulfonamides is 1. The van der Waals surface area contributed by atoms with Crippen LogP contribution in [0.1, 0.15) is 30.5 Å².